The van der Waals surface area contributed by atoms with Crippen molar-refractivity contribution in [3.8, 4) is 5.75 Å². The van der Waals surface area contributed by atoms with Gasteiger partial charge in [0, 0.05) is 16.8 Å². The molecule has 0 aromatic heterocycles. The van der Waals surface area contributed by atoms with Crippen LogP contribution in [0.5, 0.6) is 5.75 Å². The van der Waals surface area contributed by atoms with Crippen LogP contribution in [0.25, 0.3) is 21.5 Å². The number of aliphatic hydroxyl groups is 1. The third-order valence-electron chi connectivity index (χ3n) is 4.39. The fourth-order valence-electron chi connectivity index (χ4n) is 3.09. The van der Waals surface area contributed by atoms with Gasteiger partial charge in [-0.2, -0.15) is 0 Å². The van der Waals surface area contributed by atoms with Crippen LogP contribution in [-0.2, 0) is 16.0 Å². The number of rotatable bonds is 7. The molecule has 0 fully saturated rings. The predicted octanol–water partition coefficient (Wildman–Crippen LogP) is 4.02. The van der Waals surface area contributed by atoms with Crippen LogP contribution in [0.15, 0.2) is 61.2 Å². The fraction of sp³-hybridized carbons (Fsp3) is 0.227. The molecule has 3 rings (SSSR count). The lowest BCUT2D eigenvalue weighted by atomic mass is 9.97. The molecule has 0 aliphatic heterocycles. The van der Waals surface area contributed by atoms with Gasteiger partial charge < -0.3 is 14.6 Å². The highest BCUT2D eigenvalue weighted by Crippen LogP contribution is 2.36. The van der Waals surface area contributed by atoms with Crippen LogP contribution in [0.4, 0.5) is 0 Å². The summed E-state index contributed by atoms with van der Waals surface area (Å²) in [5.41, 5.74) is 1.25. The van der Waals surface area contributed by atoms with Crippen molar-refractivity contribution >= 4 is 27.5 Å². The molecule has 0 bridgehead atoms. The Morgan fingerprint density at radius 1 is 1.15 bits per heavy atom. The van der Waals surface area contributed by atoms with E-state index in [4.69, 9.17) is 9.47 Å². The minimum Gasteiger partial charge on any atom is -0.488 e. The largest absolute Gasteiger partial charge is 0.488 e. The van der Waals surface area contributed by atoms with Gasteiger partial charge >= 0.3 is 5.97 Å². The van der Waals surface area contributed by atoms with E-state index in [1.54, 1.807) is 0 Å². The molecule has 4 heteroatoms. The number of carbonyl (C=O) groups excluding carboxylic acids is 1. The molecule has 0 saturated carbocycles. The monoisotopic (exact) mass is 350 g/mol. The average molecular weight is 350 g/mol. The second-order valence-electron chi connectivity index (χ2n) is 6.05. The zero-order chi connectivity index (χ0) is 18.5. The van der Waals surface area contributed by atoms with Gasteiger partial charge in [-0.25, -0.2) is 4.79 Å². The van der Waals surface area contributed by atoms with E-state index in [0.717, 1.165) is 39.8 Å². The quantitative estimate of drug-likeness (QED) is 0.397. The van der Waals surface area contributed by atoms with Crippen LogP contribution in [0.2, 0.25) is 0 Å². The van der Waals surface area contributed by atoms with E-state index in [9.17, 15) is 9.90 Å². The normalized spacial score (nSPS) is 12.1. The standard InChI is InChI=1S/C22H22O4/c1-3-15-9-7-11-19-20(15)12-16-8-5-6-10-18(16)22(19)25-14-17(13-23)26-21(24)4-2/h4-12,17,23H,2-3,13-14H2,1H3. The highest BCUT2D eigenvalue weighted by molar-refractivity contribution is 6.06. The molecule has 3 aromatic carbocycles. The highest BCUT2D eigenvalue weighted by Gasteiger charge is 2.16. The molecule has 0 heterocycles. The third-order valence-corrected chi connectivity index (χ3v) is 4.39. The number of ether oxygens (including phenoxy) is 2. The molecule has 134 valence electrons. The van der Waals surface area contributed by atoms with Gasteiger partial charge in [0.15, 0.2) is 6.10 Å². The number of hydrogen-bond acceptors (Lipinski definition) is 4. The third kappa shape index (κ3) is 3.55. The maximum absolute atomic E-state index is 11.4. The molecule has 1 N–H and O–H groups in total. The maximum Gasteiger partial charge on any atom is 0.330 e. The van der Waals surface area contributed by atoms with E-state index in [1.807, 2.05) is 30.3 Å². The Kier molecular flexibility index (Phi) is 5.54. The fourth-order valence-corrected chi connectivity index (χ4v) is 3.09. The van der Waals surface area contributed by atoms with Crippen molar-refractivity contribution in [1.82, 2.24) is 0 Å². The molecule has 0 spiro atoms. The Morgan fingerprint density at radius 3 is 2.65 bits per heavy atom. The first-order valence-corrected chi connectivity index (χ1v) is 8.68. The summed E-state index contributed by atoms with van der Waals surface area (Å²) < 4.78 is 11.2. The molecule has 1 atom stereocenters. The zero-order valence-corrected chi connectivity index (χ0v) is 14.8. The molecule has 4 nitrogen and oxygen atoms in total. The van der Waals surface area contributed by atoms with Crippen molar-refractivity contribution in [1.29, 1.82) is 0 Å². The van der Waals surface area contributed by atoms with Gasteiger partial charge in [-0.1, -0.05) is 56.0 Å². The molecular formula is C22H22O4. The van der Waals surface area contributed by atoms with E-state index in [-0.39, 0.29) is 13.2 Å². The zero-order valence-electron chi connectivity index (χ0n) is 14.8. The maximum atomic E-state index is 11.4. The molecule has 0 aliphatic carbocycles. The molecule has 26 heavy (non-hydrogen) atoms. The van der Waals surface area contributed by atoms with Gasteiger partial charge in [0.1, 0.15) is 12.4 Å². The molecule has 1 unspecified atom stereocenters. The van der Waals surface area contributed by atoms with Gasteiger partial charge in [0.05, 0.1) is 6.61 Å². The average Bonchev–Trinajstić information content (AvgIpc) is 2.69. The second kappa shape index (κ2) is 8.02. The van der Waals surface area contributed by atoms with E-state index in [1.165, 1.54) is 5.56 Å². The van der Waals surface area contributed by atoms with Gasteiger partial charge in [-0.15, -0.1) is 0 Å². The summed E-state index contributed by atoms with van der Waals surface area (Å²) in [6, 6.07) is 16.4. The number of hydrogen-bond donors (Lipinski definition) is 1. The van der Waals surface area contributed by atoms with Crippen LogP contribution in [-0.4, -0.2) is 30.4 Å². The van der Waals surface area contributed by atoms with Gasteiger partial charge in [0.25, 0.3) is 0 Å². The Bertz CT molecular complexity index is 945. The van der Waals surface area contributed by atoms with Crippen molar-refractivity contribution < 1.29 is 19.4 Å². The summed E-state index contributed by atoms with van der Waals surface area (Å²) in [5.74, 6) is 0.158. The van der Waals surface area contributed by atoms with E-state index in [0.29, 0.717) is 0 Å². The second-order valence-corrected chi connectivity index (χ2v) is 6.05. The number of esters is 1. The Labute approximate surface area is 152 Å². The SMILES string of the molecule is C=CC(=O)OC(CO)COc1c2ccccc2cc2c(CC)cccc12. The first kappa shape index (κ1) is 18.0. The molecule has 0 aliphatic rings. The topological polar surface area (TPSA) is 55.8 Å². The molecular weight excluding hydrogens is 328 g/mol. The van der Waals surface area contributed by atoms with Crippen molar-refractivity contribution in [2.45, 2.75) is 19.4 Å². The minimum absolute atomic E-state index is 0.0650. The lowest BCUT2D eigenvalue weighted by Crippen LogP contribution is -2.27. The molecule has 0 radical (unpaired) electrons. The van der Waals surface area contributed by atoms with Gasteiger partial charge in [0.2, 0.25) is 0 Å². The van der Waals surface area contributed by atoms with Crippen molar-refractivity contribution in [2.75, 3.05) is 13.2 Å². The highest BCUT2D eigenvalue weighted by atomic mass is 16.6. The van der Waals surface area contributed by atoms with Gasteiger partial charge in [-0.3, -0.25) is 0 Å². The van der Waals surface area contributed by atoms with Crippen LogP contribution in [0, 0.1) is 0 Å². The summed E-state index contributed by atoms with van der Waals surface area (Å²) >= 11 is 0. The van der Waals surface area contributed by atoms with E-state index < -0.39 is 12.1 Å². The Hall–Kier alpha value is -2.85. The summed E-state index contributed by atoms with van der Waals surface area (Å²) in [6.07, 6.45) is 1.25. The lowest BCUT2D eigenvalue weighted by molar-refractivity contribution is -0.146. The Balaban J connectivity index is 2.04. The summed E-state index contributed by atoms with van der Waals surface area (Å²) in [6.45, 7) is 5.24. The first-order valence-electron chi connectivity index (χ1n) is 8.68. The molecule has 0 amide bonds. The predicted molar refractivity (Wildman–Crippen MR) is 103 cm³/mol. The molecule has 0 saturated heterocycles. The van der Waals surface area contributed by atoms with Crippen molar-refractivity contribution in [3.05, 3.63) is 66.7 Å². The number of aliphatic hydroxyl groups excluding tert-OH is 1. The van der Waals surface area contributed by atoms with Crippen molar-refractivity contribution in [2.24, 2.45) is 0 Å². The van der Waals surface area contributed by atoms with Crippen LogP contribution < -0.4 is 4.74 Å². The van der Waals surface area contributed by atoms with Crippen LogP contribution >= 0.6 is 0 Å². The number of carbonyl (C=O) groups is 1. The van der Waals surface area contributed by atoms with Crippen LogP contribution in [0.1, 0.15) is 12.5 Å². The Morgan fingerprint density at radius 2 is 1.92 bits per heavy atom. The lowest BCUT2D eigenvalue weighted by Gasteiger charge is -2.18. The van der Waals surface area contributed by atoms with Gasteiger partial charge in [-0.05, 0) is 28.8 Å². The van der Waals surface area contributed by atoms with Crippen LogP contribution in [0.3, 0.4) is 0 Å². The number of fused-ring (bicyclic) bond motifs is 2. The first-order chi connectivity index (χ1) is 12.7. The smallest absolute Gasteiger partial charge is 0.330 e. The summed E-state index contributed by atoms with van der Waals surface area (Å²) in [7, 11) is 0. The van der Waals surface area contributed by atoms with E-state index in [2.05, 4.69) is 31.7 Å². The van der Waals surface area contributed by atoms with E-state index >= 15 is 0 Å². The number of benzene rings is 3. The minimum atomic E-state index is -0.746. The summed E-state index contributed by atoms with van der Waals surface area (Å²) in [4.78, 5) is 11.4. The van der Waals surface area contributed by atoms with Crippen molar-refractivity contribution in [3.63, 3.8) is 0 Å². The molecule has 3 aromatic rings. The summed E-state index contributed by atoms with van der Waals surface area (Å²) in [5, 5.41) is 13.7. The number of aryl methyl sites for hydroxylation is 1.